The second kappa shape index (κ2) is 6.74. The van der Waals surface area contributed by atoms with Crippen molar-refractivity contribution in [3.05, 3.63) is 11.8 Å². The number of urea groups is 1. The Morgan fingerprint density at radius 3 is 2.64 bits per heavy atom. The molecule has 25 heavy (non-hydrogen) atoms. The van der Waals surface area contributed by atoms with E-state index < -0.39 is 5.54 Å². The molecule has 0 aliphatic carbocycles. The number of likely N-dealkylation sites (tertiary alicyclic amines) is 1. The van der Waals surface area contributed by atoms with Gasteiger partial charge >= 0.3 is 6.03 Å². The quantitative estimate of drug-likeness (QED) is 0.811. The normalized spacial score (nSPS) is 28.0. The number of rotatable bonds is 5. The predicted molar refractivity (Wildman–Crippen MR) is 90.6 cm³/mol. The van der Waals surface area contributed by atoms with Crippen LogP contribution in [0.2, 0.25) is 0 Å². The highest BCUT2D eigenvalue weighted by molar-refractivity contribution is 6.07. The van der Waals surface area contributed by atoms with E-state index in [0.717, 1.165) is 32.4 Å². The minimum atomic E-state index is -0.844. The summed E-state index contributed by atoms with van der Waals surface area (Å²) in [5.41, 5.74) is -0.844. The molecule has 0 bridgehead atoms. The van der Waals surface area contributed by atoms with Gasteiger partial charge in [0.15, 0.2) is 0 Å². The van der Waals surface area contributed by atoms with Gasteiger partial charge in [0.25, 0.3) is 5.91 Å². The van der Waals surface area contributed by atoms with E-state index in [-0.39, 0.29) is 23.9 Å². The number of hydrogen-bond donors (Lipinski definition) is 1. The van der Waals surface area contributed by atoms with Gasteiger partial charge in [-0.15, -0.1) is 10.2 Å². The SMILES string of the molecule is CCc1nnc(CN2CCC[C@@H]([C@]3(C)NC(=O)N(C(C)C)C3=O)C2)o1. The number of carbonyl (C=O) groups is 2. The third kappa shape index (κ3) is 3.27. The fourth-order valence-corrected chi connectivity index (χ4v) is 3.78. The van der Waals surface area contributed by atoms with Gasteiger partial charge in [-0.1, -0.05) is 6.92 Å². The minimum absolute atomic E-state index is 0.0648. The molecule has 2 aliphatic rings. The Bertz CT molecular complexity index is 658. The lowest BCUT2D eigenvalue weighted by molar-refractivity contribution is -0.134. The van der Waals surface area contributed by atoms with Crippen LogP contribution in [0.4, 0.5) is 4.79 Å². The lowest BCUT2D eigenvalue weighted by Gasteiger charge is -2.39. The summed E-state index contributed by atoms with van der Waals surface area (Å²) in [5, 5.41) is 11.0. The second-order valence-corrected chi connectivity index (χ2v) is 7.42. The first-order valence-electron chi connectivity index (χ1n) is 9.04. The van der Waals surface area contributed by atoms with Crippen LogP contribution in [0.25, 0.3) is 0 Å². The van der Waals surface area contributed by atoms with E-state index in [1.165, 1.54) is 4.90 Å². The molecule has 1 aromatic rings. The molecule has 1 aromatic heterocycles. The number of imide groups is 1. The average molecular weight is 349 g/mol. The maximum atomic E-state index is 12.9. The molecular weight excluding hydrogens is 322 g/mol. The zero-order valence-corrected chi connectivity index (χ0v) is 15.4. The first-order valence-corrected chi connectivity index (χ1v) is 9.04. The molecule has 3 amide bonds. The van der Waals surface area contributed by atoms with E-state index in [1.54, 1.807) is 0 Å². The monoisotopic (exact) mass is 349 g/mol. The van der Waals surface area contributed by atoms with Crippen LogP contribution in [-0.4, -0.2) is 56.6 Å². The second-order valence-electron chi connectivity index (χ2n) is 7.42. The Kier molecular flexibility index (Phi) is 4.81. The molecule has 1 N–H and O–H groups in total. The first-order chi connectivity index (χ1) is 11.8. The summed E-state index contributed by atoms with van der Waals surface area (Å²) in [6.45, 7) is 9.77. The van der Waals surface area contributed by atoms with Crippen molar-refractivity contribution in [2.45, 2.75) is 65.1 Å². The van der Waals surface area contributed by atoms with Gasteiger partial charge in [0, 0.05) is 24.9 Å². The van der Waals surface area contributed by atoms with Gasteiger partial charge in [-0.25, -0.2) is 4.79 Å². The summed E-state index contributed by atoms with van der Waals surface area (Å²) < 4.78 is 5.60. The third-order valence-corrected chi connectivity index (χ3v) is 5.26. The van der Waals surface area contributed by atoms with Crippen molar-refractivity contribution in [2.24, 2.45) is 5.92 Å². The number of nitrogens with zero attached hydrogens (tertiary/aromatic N) is 4. The third-order valence-electron chi connectivity index (χ3n) is 5.26. The van der Waals surface area contributed by atoms with Crippen molar-refractivity contribution < 1.29 is 14.0 Å². The molecule has 0 spiro atoms. The first kappa shape index (κ1) is 17.8. The van der Waals surface area contributed by atoms with E-state index in [2.05, 4.69) is 20.4 Å². The van der Waals surface area contributed by atoms with E-state index in [4.69, 9.17) is 4.42 Å². The molecule has 8 nitrogen and oxygen atoms in total. The van der Waals surface area contributed by atoms with Crippen molar-refractivity contribution >= 4 is 11.9 Å². The lowest BCUT2D eigenvalue weighted by Crippen LogP contribution is -2.56. The van der Waals surface area contributed by atoms with Gasteiger partial charge in [0.2, 0.25) is 11.8 Å². The smallest absolute Gasteiger partial charge is 0.325 e. The Morgan fingerprint density at radius 2 is 2.04 bits per heavy atom. The molecule has 0 unspecified atom stereocenters. The Morgan fingerprint density at radius 1 is 1.32 bits per heavy atom. The van der Waals surface area contributed by atoms with Crippen molar-refractivity contribution in [1.82, 2.24) is 25.3 Å². The molecule has 138 valence electrons. The maximum absolute atomic E-state index is 12.9. The number of aryl methyl sites for hydroxylation is 1. The molecule has 3 heterocycles. The Hall–Kier alpha value is -1.96. The maximum Gasteiger partial charge on any atom is 0.325 e. The van der Waals surface area contributed by atoms with Gasteiger partial charge in [-0.05, 0) is 40.2 Å². The van der Waals surface area contributed by atoms with E-state index >= 15 is 0 Å². The number of aromatic nitrogens is 2. The topological polar surface area (TPSA) is 91.6 Å². The Labute approximate surface area is 147 Å². The molecule has 3 rings (SSSR count). The van der Waals surface area contributed by atoms with E-state index in [1.807, 2.05) is 27.7 Å². The average Bonchev–Trinajstić information content (AvgIpc) is 3.10. The molecule has 8 heteroatoms. The van der Waals surface area contributed by atoms with Crippen molar-refractivity contribution in [1.29, 1.82) is 0 Å². The lowest BCUT2D eigenvalue weighted by atomic mass is 9.80. The molecule has 2 fully saturated rings. The van der Waals surface area contributed by atoms with Crippen LogP contribution in [0.1, 0.15) is 52.3 Å². The highest BCUT2D eigenvalue weighted by Crippen LogP contribution is 2.33. The molecule has 2 atom stereocenters. The van der Waals surface area contributed by atoms with E-state index in [0.29, 0.717) is 18.3 Å². The highest BCUT2D eigenvalue weighted by Gasteiger charge is 2.53. The van der Waals surface area contributed by atoms with Gasteiger partial charge in [-0.3, -0.25) is 14.6 Å². The summed E-state index contributed by atoms with van der Waals surface area (Å²) in [4.78, 5) is 28.7. The van der Waals surface area contributed by atoms with Gasteiger partial charge < -0.3 is 9.73 Å². The fourth-order valence-electron chi connectivity index (χ4n) is 3.78. The Balaban J connectivity index is 1.70. The van der Waals surface area contributed by atoms with Crippen molar-refractivity contribution in [3.8, 4) is 0 Å². The minimum Gasteiger partial charge on any atom is -0.424 e. The number of amides is 3. The fraction of sp³-hybridized carbons (Fsp3) is 0.765. The summed E-state index contributed by atoms with van der Waals surface area (Å²) >= 11 is 0. The van der Waals surface area contributed by atoms with Crippen molar-refractivity contribution in [2.75, 3.05) is 13.1 Å². The number of piperidine rings is 1. The highest BCUT2D eigenvalue weighted by atomic mass is 16.4. The van der Waals surface area contributed by atoms with Crippen LogP contribution >= 0.6 is 0 Å². The predicted octanol–water partition coefficient (Wildman–Crippen LogP) is 1.56. The molecule has 0 radical (unpaired) electrons. The molecule has 2 saturated heterocycles. The van der Waals surface area contributed by atoms with Crippen LogP contribution in [-0.2, 0) is 17.8 Å². The van der Waals surface area contributed by atoms with Crippen LogP contribution < -0.4 is 5.32 Å². The summed E-state index contributed by atoms with van der Waals surface area (Å²) in [6.07, 6.45) is 2.61. The molecular formula is C17H27N5O3. The number of hydrogen-bond acceptors (Lipinski definition) is 6. The molecule has 0 aromatic carbocycles. The van der Waals surface area contributed by atoms with E-state index in [9.17, 15) is 9.59 Å². The zero-order chi connectivity index (χ0) is 18.2. The zero-order valence-electron chi connectivity index (χ0n) is 15.4. The van der Waals surface area contributed by atoms with Crippen molar-refractivity contribution in [3.63, 3.8) is 0 Å². The number of nitrogens with one attached hydrogen (secondary N) is 1. The van der Waals surface area contributed by atoms with Crippen LogP contribution in [0.3, 0.4) is 0 Å². The van der Waals surface area contributed by atoms with Gasteiger partial charge in [0.1, 0.15) is 5.54 Å². The standard InChI is InChI=1S/C17H27N5O3/c1-5-13-19-20-14(25-13)10-21-8-6-7-12(9-21)17(4)15(23)22(11(2)3)16(24)18-17/h11-12H,5-10H2,1-4H3,(H,18,24)/t12-,17+/m1/s1. The number of carbonyl (C=O) groups excluding carboxylic acids is 2. The van der Waals surface area contributed by atoms with Gasteiger partial charge in [0.05, 0.1) is 6.54 Å². The van der Waals surface area contributed by atoms with Crippen LogP contribution in [0.15, 0.2) is 4.42 Å². The van der Waals surface area contributed by atoms with Crippen LogP contribution in [0.5, 0.6) is 0 Å². The summed E-state index contributed by atoms with van der Waals surface area (Å²) in [5.74, 6) is 1.19. The molecule has 2 aliphatic heterocycles. The largest absolute Gasteiger partial charge is 0.424 e. The summed E-state index contributed by atoms with van der Waals surface area (Å²) in [7, 11) is 0. The summed E-state index contributed by atoms with van der Waals surface area (Å²) in [6, 6.07) is -0.427. The van der Waals surface area contributed by atoms with Crippen LogP contribution in [0, 0.1) is 5.92 Å². The van der Waals surface area contributed by atoms with Gasteiger partial charge in [-0.2, -0.15) is 0 Å². The molecule has 0 saturated carbocycles.